The van der Waals surface area contributed by atoms with Crippen LogP contribution in [0.25, 0.3) is 17.3 Å². The van der Waals surface area contributed by atoms with Crippen molar-refractivity contribution in [3.63, 3.8) is 0 Å². The Labute approximate surface area is 175 Å². The van der Waals surface area contributed by atoms with Crippen LogP contribution in [0.5, 0.6) is 0 Å². The van der Waals surface area contributed by atoms with E-state index in [9.17, 15) is 4.79 Å². The highest BCUT2D eigenvalue weighted by atomic mass is 16.2. The highest BCUT2D eigenvalue weighted by Crippen LogP contribution is 2.30. The third kappa shape index (κ3) is 4.77. The number of piperidine rings is 1. The van der Waals surface area contributed by atoms with Crippen LogP contribution in [0.4, 0.5) is 0 Å². The Morgan fingerprint density at radius 1 is 1.00 bits per heavy atom. The molecule has 0 atom stereocenters. The number of carbonyl (C=O) groups excluding carboxylic acids is 1. The summed E-state index contributed by atoms with van der Waals surface area (Å²) in [6.45, 7) is 10.4. The van der Waals surface area contributed by atoms with Crippen LogP contribution in [0.2, 0.25) is 0 Å². The Hall–Kier alpha value is -2.42. The molecule has 29 heavy (non-hydrogen) atoms. The van der Waals surface area contributed by atoms with E-state index in [1.54, 1.807) is 6.08 Å². The molecule has 1 aliphatic heterocycles. The maximum Gasteiger partial charge on any atom is 0.246 e. The normalized spacial score (nSPS) is 14.6. The minimum atomic E-state index is 0.125. The molecule has 0 radical (unpaired) electrons. The van der Waals surface area contributed by atoms with Gasteiger partial charge in [0.25, 0.3) is 0 Å². The summed E-state index contributed by atoms with van der Waals surface area (Å²) in [5, 5.41) is 0. The molecular formula is C26H34N2O. The quantitative estimate of drug-likeness (QED) is 0.587. The summed E-state index contributed by atoms with van der Waals surface area (Å²) in [5.41, 5.74) is 8.39. The van der Waals surface area contributed by atoms with E-state index in [1.807, 2.05) is 11.0 Å². The van der Waals surface area contributed by atoms with E-state index in [4.69, 9.17) is 4.98 Å². The second kappa shape index (κ2) is 9.87. The van der Waals surface area contributed by atoms with Gasteiger partial charge in [0.2, 0.25) is 5.91 Å². The van der Waals surface area contributed by atoms with Gasteiger partial charge in [-0.25, -0.2) is 0 Å². The summed E-state index contributed by atoms with van der Waals surface area (Å²) in [6.07, 6.45) is 10.1. The second-order valence-corrected chi connectivity index (χ2v) is 7.90. The average Bonchev–Trinajstić information content (AvgIpc) is 2.77. The number of amides is 1. The van der Waals surface area contributed by atoms with Gasteiger partial charge < -0.3 is 4.90 Å². The van der Waals surface area contributed by atoms with Crippen LogP contribution in [0.15, 0.2) is 30.3 Å². The zero-order valence-electron chi connectivity index (χ0n) is 18.4. The van der Waals surface area contributed by atoms with Crippen LogP contribution in [0.1, 0.15) is 68.0 Å². The first-order valence-electron chi connectivity index (χ1n) is 11.2. The van der Waals surface area contributed by atoms with Gasteiger partial charge in [-0.05, 0) is 79.8 Å². The van der Waals surface area contributed by atoms with Crippen LogP contribution in [0.3, 0.4) is 0 Å². The van der Waals surface area contributed by atoms with Crippen molar-refractivity contribution in [2.45, 2.75) is 66.2 Å². The molecule has 1 aliphatic rings. The SMILES string of the molecule is CCc1cc(-c2c(CC)cccc2CC)nc(C)c1/C=C/C(=O)N1CCCCC1. The summed E-state index contributed by atoms with van der Waals surface area (Å²) in [5.74, 6) is 0.125. The number of likely N-dealkylation sites (tertiary alicyclic amines) is 1. The highest BCUT2D eigenvalue weighted by molar-refractivity contribution is 5.92. The largest absolute Gasteiger partial charge is 0.339 e. The first-order chi connectivity index (χ1) is 14.1. The fourth-order valence-corrected chi connectivity index (χ4v) is 4.34. The van der Waals surface area contributed by atoms with Gasteiger partial charge in [-0.1, -0.05) is 39.0 Å². The molecule has 1 amide bonds. The molecule has 1 aromatic carbocycles. The fourth-order valence-electron chi connectivity index (χ4n) is 4.34. The monoisotopic (exact) mass is 390 g/mol. The Bertz CT molecular complexity index is 870. The molecule has 0 aliphatic carbocycles. The summed E-state index contributed by atoms with van der Waals surface area (Å²) in [6, 6.07) is 8.80. The number of hydrogen-bond donors (Lipinski definition) is 0. The maximum absolute atomic E-state index is 12.6. The van der Waals surface area contributed by atoms with Crippen molar-refractivity contribution in [1.29, 1.82) is 0 Å². The number of aryl methyl sites for hydroxylation is 4. The van der Waals surface area contributed by atoms with Crippen LogP contribution >= 0.6 is 0 Å². The van der Waals surface area contributed by atoms with Crippen molar-refractivity contribution in [1.82, 2.24) is 9.88 Å². The summed E-state index contributed by atoms with van der Waals surface area (Å²) in [7, 11) is 0. The Morgan fingerprint density at radius 3 is 2.21 bits per heavy atom. The van der Waals surface area contributed by atoms with Crippen LogP contribution in [0, 0.1) is 6.92 Å². The van der Waals surface area contributed by atoms with Crippen LogP contribution < -0.4 is 0 Å². The highest BCUT2D eigenvalue weighted by Gasteiger charge is 2.16. The molecule has 0 unspecified atom stereocenters. The molecule has 3 rings (SSSR count). The van der Waals surface area contributed by atoms with E-state index >= 15 is 0 Å². The Morgan fingerprint density at radius 2 is 1.62 bits per heavy atom. The minimum absolute atomic E-state index is 0.125. The van der Waals surface area contributed by atoms with E-state index in [1.165, 1.54) is 28.7 Å². The van der Waals surface area contributed by atoms with E-state index < -0.39 is 0 Å². The van der Waals surface area contributed by atoms with Gasteiger partial charge in [0.15, 0.2) is 0 Å². The number of aromatic nitrogens is 1. The van der Waals surface area contributed by atoms with Gasteiger partial charge in [0.1, 0.15) is 0 Å². The topological polar surface area (TPSA) is 33.2 Å². The van der Waals surface area contributed by atoms with Crippen LogP contribution in [-0.2, 0) is 24.1 Å². The standard InChI is InChI=1S/C26H34N2O/c1-5-20-12-11-13-21(6-2)26(20)24-18-22(7-3)23(19(4)27-24)14-15-25(29)28-16-9-8-10-17-28/h11-15,18H,5-10,16-17H2,1-4H3/b15-14+. The minimum Gasteiger partial charge on any atom is -0.339 e. The van der Waals surface area contributed by atoms with Crippen molar-refractivity contribution < 1.29 is 4.79 Å². The number of carbonyl (C=O) groups is 1. The molecule has 1 fully saturated rings. The number of hydrogen-bond acceptors (Lipinski definition) is 2. The second-order valence-electron chi connectivity index (χ2n) is 7.90. The summed E-state index contributed by atoms with van der Waals surface area (Å²) >= 11 is 0. The molecule has 0 spiro atoms. The molecular weight excluding hydrogens is 356 g/mol. The molecule has 3 heteroatoms. The van der Waals surface area contributed by atoms with Gasteiger partial charge >= 0.3 is 0 Å². The van der Waals surface area contributed by atoms with Gasteiger partial charge in [-0.15, -0.1) is 0 Å². The van der Waals surface area contributed by atoms with Crippen molar-refractivity contribution in [2.75, 3.05) is 13.1 Å². The molecule has 2 heterocycles. The average molecular weight is 391 g/mol. The lowest BCUT2D eigenvalue weighted by Gasteiger charge is -2.25. The zero-order chi connectivity index (χ0) is 20.8. The third-order valence-corrected chi connectivity index (χ3v) is 6.03. The fraction of sp³-hybridized carbons (Fsp3) is 0.462. The Balaban J connectivity index is 1.97. The number of pyridine rings is 1. The van der Waals surface area contributed by atoms with Gasteiger partial charge in [-0.2, -0.15) is 0 Å². The van der Waals surface area contributed by atoms with Gasteiger partial charge in [0, 0.05) is 30.4 Å². The third-order valence-electron chi connectivity index (χ3n) is 6.03. The van der Waals surface area contributed by atoms with Crippen molar-refractivity contribution >= 4 is 12.0 Å². The molecule has 2 aromatic rings. The van der Waals surface area contributed by atoms with Crippen molar-refractivity contribution in [3.8, 4) is 11.3 Å². The Kier molecular flexibility index (Phi) is 7.24. The lowest BCUT2D eigenvalue weighted by atomic mass is 9.92. The molecule has 0 bridgehead atoms. The predicted octanol–water partition coefficient (Wildman–Crippen LogP) is 5.77. The molecule has 1 saturated heterocycles. The van der Waals surface area contributed by atoms with E-state index in [-0.39, 0.29) is 5.91 Å². The summed E-state index contributed by atoms with van der Waals surface area (Å²) < 4.78 is 0. The molecule has 154 valence electrons. The first-order valence-corrected chi connectivity index (χ1v) is 11.2. The van der Waals surface area contributed by atoms with Gasteiger partial charge in [0.05, 0.1) is 5.69 Å². The molecule has 1 aromatic heterocycles. The predicted molar refractivity (Wildman–Crippen MR) is 122 cm³/mol. The van der Waals surface area contributed by atoms with Gasteiger partial charge in [-0.3, -0.25) is 9.78 Å². The first kappa shape index (κ1) is 21.3. The van der Waals surface area contributed by atoms with Crippen LogP contribution in [-0.4, -0.2) is 28.9 Å². The van der Waals surface area contributed by atoms with E-state index in [2.05, 4.69) is 52.0 Å². The maximum atomic E-state index is 12.6. The zero-order valence-corrected chi connectivity index (χ0v) is 18.4. The number of rotatable bonds is 6. The van der Waals surface area contributed by atoms with Crippen molar-refractivity contribution in [3.05, 3.63) is 58.3 Å². The number of benzene rings is 1. The molecule has 3 nitrogen and oxygen atoms in total. The molecule has 0 N–H and O–H groups in total. The lowest BCUT2D eigenvalue weighted by molar-refractivity contribution is -0.126. The summed E-state index contributed by atoms with van der Waals surface area (Å²) in [4.78, 5) is 19.5. The van der Waals surface area contributed by atoms with Crippen molar-refractivity contribution in [2.24, 2.45) is 0 Å². The smallest absolute Gasteiger partial charge is 0.246 e. The lowest BCUT2D eigenvalue weighted by Crippen LogP contribution is -2.34. The van der Waals surface area contributed by atoms with E-state index in [0.29, 0.717) is 0 Å². The molecule has 0 saturated carbocycles. The van der Waals surface area contributed by atoms with E-state index in [0.717, 1.165) is 62.1 Å². The number of nitrogens with zero attached hydrogens (tertiary/aromatic N) is 2.